The van der Waals surface area contributed by atoms with Gasteiger partial charge in [-0.05, 0) is 62.1 Å². The van der Waals surface area contributed by atoms with Crippen LogP contribution in [0, 0.1) is 13.8 Å². The van der Waals surface area contributed by atoms with Gasteiger partial charge >= 0.3 is 0 Å². The second-order valence-corrected chi connectivity index (χ2v) is 6.90. The van der Waals surface area contributed by atoms with Gasteiger partial charge in [-0.25, -0.2) is 9.97 Å². The summed E-state index contributed by atoms with van der Waals surface area (Å²) in [5.74, 6) is 0.356. The number of benzene rings is 2. The van der Waals surface area contributed by atoms with Crippen molar-refractivity contribution >= 4 is 23.2 Å². The van der Waals surface area contributed by atoms with Crippen molar-refractivity contribution in [3.05, 3.63) is 77.1 Å². The van der Waals surface area contributed by atoms with Crippen LogP contribution in [-0.2, 0) is 6.42 Å². The van der Waals surface area contributed by atoms with Crippen LogP contribution in [-0.4, -0.2) is 22.4 Å². The molecule has 1 amide bonds. The van der Waals surface area contributed by atoms with Gasteiger partial charge < -0.3 is 10.2 Å². The minimum Gasteiger partial charge on any atom is -0.321 e. The summed E-state index contributed by atoms with van der Waals surface area (Å²) in [6.07, 6.45) is 2.10. The molecular weight excluding hydrogens is 336 g/mol. The van der Waals surface area contributed by atoms with Gasteiger partial charge in [0.05, 0.1) is 0 Å². The first-order valence-corrected chi connectivity index (χ1v) is 9.19. The fourth-order valence-corrected chi connectivity index (χ4v) is 3.45. The number of nitrogens with zero attached hydrogens (tertiary/aromatic N) is 3. The van der Waals surface area contributed by atoms with E-state index in [-0.39, 0.29) is 5.91 Å². The molecule has 0 saturated heterocycles. The largest absolute Gasteiger partial charge is 0.321 e. The third-order valence-corrected chi connectivity index (χ3v) is 4.70. The summed E-state index contributed by atoms with van der Waals surface area (Å²) in [5.41, 5.74) is 5.43. The number of amides is 1. The molecule has 0 atom stereocenters. The smallest absolute Gasteiger partial charge is 0.274 e. The van der Waals surface area contributed by atoms with E-state index >= 15 is 0 Å². The van der Waals surface area contributed by atoms with Crippen LogP contribution in [0.25, 0.3) is 0 Å². The van der Waals surface area contributed by atoms with Gasteiger partial charge in [-0.3, -0.25) is 4.79 Å². The van der Waals surface area contributed by atoms with Gasteiger partial charge in [-0.1, -0.05) is 30.3 Å². The normalized spacial score (nSPS) is 13.2. The molecule has 2 aromatic carbocycles. The fraction of sp³-hybridized carbons (Fsp3) is 0.227. The van der Waals surface area contributed by atoms with Crippen molar-refractivity contribution in [3.63, 3.8) is 0 Å². The number of fused-ring (bicyclic) bond motifs is 1. The van der Waals surface area contributed by atoms with Gasteiger partial charge in [0.25, 0.3) is 5.91 Å². The first-order valence-electron chi connectivity index (χ1n) is 9.19. The zero-order valence-corrected chi connectivity index (χ0v) is 15.6. The minimum atomic E-state index is -0.224. The molecule has 1 aliphatic heterocycles. The SMILES string of the molecule is Cc1cccc(NC(=O)c2cc(C)nc(N3CCCc4ccccc43)n2)c1. The van der Waals surface area contributed by atoms with Crippen LogP contribution in [0.5, 0.6) is 0 Å². The van der Waals surface area contributed by atoms with E-state index in [1.54, 1.807) is 6.07 Å². The van der Waals surface area contributed by atoms with Crippen LogP contribution in [0.4, 0.5) is 17.3 Å². The molecule has 0 saturated carbocycles. The third kappa shape index (κ3) is 3.67. The van der Waals surface area contributed by atoms with E-state index in [9.17, 15) is 4.79 Å². The molecule has 0 bridgehead atoms. The number of anilines is 3. The summed E-state index contributed by atoms with van der Waals surface area (Å²) in [5, 5.41) is 2.93. The molecule has 3 aromatic rings. The maximum Gasteiger partial charge on any atom is 0.274 e. The van der Waals surface area contributed by atoms with Crippen molar-refractivity contribution in [1.29, 1.82) is 0 Å². The molecule has 136 valence electrons. The van der Waals surface area contributed by atoms with Crippen molar-refractivity contribution in [1.82, 2.24) is 9.97 Å². The Morgan fingerprint density at radius 1 is 1.04 bits per heavy atom. The summed E-state index contributed by atoms with van der Waals surface area (Å²) in [6.45, 7) is 4.74. The number of hydrogen-bond donors (Lipinski definition) is 1. The van der Waals surface area contributed by atoms with Crippen molar-refractivity contribution in [3.8, 4) is 0 Å². The number of carbonyl (C=O) groups excluding carboxylic acids is 1. The molecule has 27 heavy (non-hydrogen) atoms. The lowest BCUT2D eigenvalue weighted by molar-refractivity contribution is 0.102. The second kappa shape index (κ2) is 7.19. The van der Waals surface area contributed by atoms with E-state index in [0.29, 0.717) is 11.6 Å². The molecule has 5 nitrogen and oxygen atoms in total. The van der Waals surface area contributed by atoms with E-state index < -0.39 is 0 Å². The van der Waals surface area contributed by atoms with E-state index in [4.69, 9.17) is 0 Å². The number of carbonyl (C=O) groups is 1. The summed E-state index contributed by atoms with van der Waals surface area (Å²) in [4.78, 5) is 24.0. The van der Waals surface area contributed by atoms with Gasteiger partial charge in [-0.15, -0.1) is 0 Å². The lowest BCUT2D eigenvalue weighted by Gasteiger charge is -2.29. The molecule has 5 heteroatoms. The fourth-order valence-electron chi connectivity index (χ4n) is 3.45. The standard InChI is InChI=1S/C22H22N4O/c1-15-7-5-10-18(13-15)24-21(27)19-14-16(2)23-22(25-19)26-12-6-9-17-8-3-4-11-20(17)26/h3-5,7-8,10-11,13-14H,6,9,12H2,1-2H3,(H,24,27). The zero-order chi connectivity index (χ0) is 18.8. The second-order valence-electron chi connectivity index (χ2n) is 6.90. The van der Waals surface area contributed by atoms with E-state index in [1.165, 1.54) is 5.56 Å². The quantitative estimate of drug-likeness (QED) is 0.752. The van der Waals surface area contributed by atoms with Crippen LogP contribution in [0.3, 0.4) is 0 Å². The average Bonchev–Trinajstić information content (AvgIpc) is 2.67. The first kappa shape index (κ1) is 17.2. The predicted molar refractivity (Wildman–Crippen MR) is 108 cm³/mol. The molecule has 0 aliphatic carbocycles. The molecule has 0 fully saturated rings. The molecule has 1 N–H and O–H groups in total. The predicted octanol–water partition coefficient (Wildman–Crippen LogP) is 4.43. The van der Waals surface area contributed by atoms with Gasteiger partial charge in [-0.2, -0.15) is 0 Å². The van der Waals surface area contributed by atoms with Crippen LogP contribution in [0.2, 0.25) is 0 Å². The Bertz CT molecular complexity index is 999. The van der Waals surface area contributed by atoms with Crippen molar-refractivity contribution in [2.75, 3.05) is 16.8 Å². The zero-order valence-electron chi connectivity index (χ0n) is 15.6. The summed E-state index contributed by atoms with van der Waals surface area (Å²) in [7, 11) is 0. The highest BCUT2D eigenvalue weighted by Crippen LogP contribution is 2.31. The van der Waals surface area contributed by atoms with E-state index in [2.05, 4.69) is 38.4 Å². The summed E-state index contributed by atoms with van der Waals surface area (Å²) in [6, 6.07) is 17.8. The molecule has 1 aromatic heterocycles. The van der Waals surface area contributed by atoms with Crippen LogP contribution < -0.4 is 10.2 Å². The van der Waals surface area contributed by atoms with Crippen LogP contribution >= 0.6 is 0 Å². The Kier molecular flexibility index (Phi) is 4.59. The minimum absolute atomic E-state index is 0.224. The third-order valence-electron chi connectivity index (χ3n) is 4.70. The molecular formula is C22H22N4O. The van der Waals surface area contributed by atoms with Gasteiger partial charge in [0.1, 0.15) is 5.69 Å². The molecule has 0 spiro atoms. The Labute approximate surface area is 159 Å². The summed E-state index contributed by atoms with van der Waals surface area (Å²) < 4.78 is 0. The van der Waals surface area contributed by atoms with Gasteiger partial charge in [0.2, 0.25) is 5.95 Å². The first-order chi connectivity index (χ1) is 13.1. The molecule has 1 aliphatic rings. The maximum absolute atomic E-state index is 12.7. The number of rotatable bonds is 3. The monoisotopic (exact) mass is 358 g/mol. The van der Waals surface area contributed by atoms with Crippen molar-refractivity contribution < 1.29 is 4.79 Å². The average molecular weight is 358 g/mol. The number of hydrogen-bond acceptors (Lipinski definition) is 4. The van der Waals surface area contributed by atoms with E-state index in [1.807, 2.05) is 44.2 Å². The number of aryl methyl sites for hydroxylation is 3. The number of aromatic nitrogens is 2. The van der Waals surface area contributed by atoms with Crippen LogP contribution in [0.15, 0.2) is 54.6 Å². The molecule has 0 unspecified atom stereocenters. The van der Waals surface area contributed by atoms with Gasteiger partial charge in [0.15, 0.2) is 0 Å². The Morgan fingerprint density at radius 2 is 1.89 bits per heavy atom. The van der Waals surface area contributed by atoms with Crippen molar-refractivity contribution in [2.24, 2.45) is 0 Å². The van der Waals surface area contributed by atoms with Crippen molar-refractivity contribution in [2.45, 2.75) is 26.7 Å². The highest BCUT2D eigenvalue weighted by molar-refractivity contribution is 6.03. The van der Waals surface area contributed by atoms with E-state index in [0.717, 1.165) is 42.0 Å². The maximum atomic E-state index is 12.7. The summed E-state index contributed by atoms with van der Waals surface area (Å²) >= 11 is 0. The highest BCUT2D eigenvalue weighted by atomic mass is 16.1. The number of para-hydroxylation sites is 1. The number of nitrogens with one attached hydrogen (secondary N) is 1. The molecule has 2 heterocycles. The van der Waals surface area contributed by atoms with Crippen LogP contribution in [0.1, 0.15) is 33.7 Å². The lowest BCUT2D eigenvalue weighted by Crippen LogP contribution is -2.27. The Morgan fingerprint density at radius 3 is 2.74 bits per heavy atom. The topological polar surface area (TPSA) is 58.1 Å². The highest BCUT2D eigenvalue weighted by Gasteiger charge is 2.21. The Hall–Kier alpha value is -3.21. The lowest BCUT2D eigenvalue weighted by atomic mass is 10.0. The molecule has 4 rings (SSSR count). The Balaban J connectivity index is 1.65. The molecule has 0 radical (unpaired) electrons. The van der Waals surface area contributed by atoms with Gasteiger partial charge in [0, 0.05) is 23.6 Å².